The molecule has 1 saturated heterocycles. The lowest BCUT2D eigenvalue weighted by Gasteiger charge is -2.33. The van der Waals surface area contributed by atoms with E-state index in [0.717, 1.165) is 26.7 Å². The lowest BCUT2D eigenvalue weighted by Crippen LogP contribution is -2.57. The number of fused-ring (bicyclic) bond motifs is 3. The van der Waals surface area contributed by atoms with Crippen molar-refractivity contribution in [3.8, 4) is 11.6 Å². The largest absolute Gasteiger partial charge is 0.494 e. The molecule has 7 unspecified atom stereocenters. The van der Waals surface area contributed by atoms with Gasteiger partial charge in [0.25, 0.3) is 0 Å². The fraction of sp³-hybridized carbons (Fsp3) is 0.588. The fourth-order valence-electron chi connectivity index (χ4n) is 6.29. The predicted molar refractivity (Wildman–Crippen MR) is 173 cm³/mol. The SMILES string of the molecule is COc1cnc(OC2CC3C(=O)NC4CC4/C=C\C(C)CCCC(C)C(NC(=O)OC(C)(C)C(F)(F)F)C(=O)N3C2)c2cccc(Cl)c12. The number of halogens is 4. The predicted octanol–water partition coefficient (Wildman–Crippen LogP) is 6.20. The van der Waals surface area contributed by atoms with Crippen LogP contribution in [0.3, 0.4) is 0 Å². The molecule has 7 atom stereocenters. The van der Waals surface area contributed by atoms with Crippen LogP contribution in [0.5, 0.6) is 11.6 Å². The number of carbonyl (C=O) groups is 3. The van der Waals surface area contributed by atoms with Gasteiger partial charge in [-0.25, -0.2) is 9.78 Å². The Labute approximate surface area is 282 Å². The van der Waals surface area contributed by atoms with E-state index in [-0.39, 0.29) is 42.6 Å². The fourth-order valence-corrected chi connectivity index (χ4v) is 6.55. The molecule has 2 aromatic rings. The van der Waals surface area contributed by atoms with E-state index >= 15 is 0 Å². The van der Waals surface area contributed by atoms with Gasteiger partial charge in [0.1, 0.15) is 23.9 Å². The van der Waals surface area contributed by atoms with Crippen LogP contribution in [0.25, 0.3) is 10.8 Å². The van der Waals surface area contributed by atoms with E-state index < -0.39 is 47.9 Å². The van der Waals surface area contributed by atoms with E-state index in [1.165, 1.54) is 18.2 Å². The Morgan fingerprint density at radius 3 is 2.58 bits per heavy atom. The van der Waals surface area contributed by atoms with Crippen molar-refractivity contribution in [1.82, 2.24) is 20.5 Å². The molecule has 3 heterocycles. The number of ether oxygens (including phenoxy) is 3. The van der Waals surface area contributed by atoms with Gasteiger partial charge in [0.2, 0.25) is 23.3 Å². The molecule has 262 valence electrons. The first kappa shape index (κ1) is 35.6. The Kier molecular flexibility index (Phi) is 10.4. The first-order valence-electron chi connectivity index (χ1n) is 16.2. The topological polar surface area (TPSA) is 119 Å². The van der Waals surface area contributed by atoms with E-state index in [2.05, 4.69) is 34.7 Å². The smallest absolute Gasteiger partial charge is 0.427 e. The summed E-state index contributed by atoms with van der Waals surface area (Å²) in [5, 5.41) is 7.07. The van der Waals surface area contributed by atoms with E-state index in [1.54, 1.807) is 25.1 Å². The summed E-state index contributed by atoms with van der Waals surface area (Å²) in [7, 11) is 1.50. The molecule has 2 fully saturated rings. The summed E-state index contributed by atoms with van der Waals surface area (Å²) in [6, 6.07) is 2.91. The third-order valence-electron chi connectivity index (χ3n) is 9.45. The van der Waals surface area contributed by atoms with Crippen LogP contribution >= 0.6 is 11.6 Å². The molecule has 5 rings (SSSR count). The third kappa shape index (κ3) is 7.76. The summed E-state index contributed by atoms with van der Waals surface area (Å²) in [4.78, 5) is 46.8. The minimum Gasteiger partial charge on any atom is -0.494 e. The number of carbonyl (C=O) groups excluding carboxylic acids is 3. The molecule has 0 bridgehead atoms. The Balaban J connectivity index is 1.45. The molecule has 14 heteroatoms. The van der Waals surface area contributed by atoms with Crippen molar-refractivity contribution in [3.63, 3.8) is 0 Å². The van der Waals surface area contributed by atoms with Gasteiger partial charge >= 0.3 is 12.3 Å². The number of benzene rings is 1. The van der Waals surface area contributed by atoms with Crippen molar-refractivity contribution < 1.29 is 41.8 Å². The highest BCUT2D eigenvalue weighted by molar-refractivity contribution is 6.36. The van der Waals surface area contributed by atoms with Gasteiger partial charge in [-0.2, -0.15) is 13.2 Å². The zero-order chi connectivity index (χ0) is 35.0. The average molecular weight is 695 g/mol. The lowest BCUT2D eigenvalue weighted by molar-refractivity contribution is -0.244. The number of alkyl carbamates (subject to hydrolysis) is 1. The van der Waals surface area contributed by atoms with Gasteiger partial charge in [0, 0.05) is 23.2 Å². The van der Waals surface area contributed by atoms with Crippen molar-refractivity contribution in [2.45, 2.75) is 95.8 Å². The van der Waals surface area contributed by atoms with Gasteiger partial charge < -0.3 is 29.7 Å². The number of nitrogens with zero attached hydrogens (tertiary/aromatic N) is 2. The van der Waals surface area contributed by atoms with Crippen molar-refractivity contribution in [3.05, 3.63) is 41.6 Å². The molecule has 1 aliphatic carbocycles. The number of hydrogen-bond acceptors (Lipinski definition) is 7. The minimum atomic E-state index is -4.83. The average Bonchev–Trinajstić information content (AvgIpc) is 3.61. The van der Waals surface area contributed by atoms with Gasteiger partial charge in [-0.1, -0.05) is 50.1 Å². The number of aromatic nitrogens is 1. The number of pyridine rings is 1. The van der Waals surface area contributed by atoms with Gasteiger partial charge in [-0.15, -0.1) is 0 Å². The van der Waals surface area contributed by atoms with Crippen molar-refractivity contribution in [2.75, 3.05) is 13.7 Å². The second kappa shape index (κ2) is 14.0. The van der Waals surface area contributed by atoms with E-state index in [4.69, 9.17) is 25.8 Å². The Bertz CT molecular complexity index is 1570. The standard InChI is InChI=1S/C34H42ClF3N4O6/c1-18-8-6-9-19(2)28(41-32(45)48-33(3,4)34(36,37)38)31(44)42-17-21(15-25(42)29(43)40-24-14-20(24)13-12-18)47-30-22-10-7-11-23(35)27(22)26(46-5)16-39-30/h7,10-13,16,18-21,24-25,28H,6,8-9,14-15,17H2,1-5H3,(H,40,43)(H,41,45)/b13-12-. The summed E-state index contributed by atoms with van der Waals surface area (Å²) >= 11 is 6.48. The van der Waals surface area contributed by atoms with Crippen molar-refractivity contribution in [1.29, 1.82) is 0 Å². The van der Waals surface area contributed by atoms with Gasteiger partial charge in [0.05, 0.1) is 24.9 Å². The van der Waals surface area contributed by atoms with E-state index in [9.17, 15) is 27.6 Å². The van der Waals surface area contributed by atoms with Crippen LogP contribution in [0.1, 0.15) is 59.8 Å². The van der Waals surface area contributed by atoms with Crippen molar-refractivity contribution in [2.24, 2.45) is 17.8 Å². The van der Waals surface area contributed by atoms with Crippen molar-refractivity contribution >= 4 is 40.3 Å². The van der Waals surface area contributed by atoms with Gasteiger partial charge in [0.15, 0.2) is 0 Å². The number of amides is 3. The number of hydrogen-bond donors (Lipinski definition) is 2. The van der Waals surface area contributed by atoms with Crippen LogP contribution in [0.2, 0.25) is 5.02 Å². The van der Waals surface area contributed by atoms with E-state index in [1.807, 2.05) is 0 Å². The number of alkyl halides is 3. The van der Waals surface area contributed by atoms with Crippen LogP contribution in [0.15, 0.2) is 36.5 Å². The highest BCUT2D eigenvalue weighted by Gasteiger charge is 2.52. The molecule has 0 spiro atoms. The Morgan fingerprint density at radius 2 is 1.88 bits per heavy atom. The number of methoxy groups -OCH3 is 1. The first-order valence-corrected chi connectivity index (χ1v) is 16.6. The molecule has 1 saturated carbocycles. The quantitative estimate of drug-likeness (QED) is 0.358. The van der Waals surface area contributed by atoms with Gasteiger partial charge in [-0.3, -0.25) is 9.59 Å². The maximum absolute atomic E-state index is 14.3. The molecule has 3 amide bonds. The minimum absolute atomic E-state index is 0.0360. The monoisotopic (exact) mass is 694 g/mol. The Morgan fingerprint density at radius 1 is 1.12 bits per heavy atom. The number of nitrogens with one attached hydrogen (secondary N) is 2. The molecule has 2 N–H and O–H groups in total. The third-order valence-corrected chi connectivity index (χ3v) is 9.76. The highest BCUT2D eigenvalue weighted by atomic mass is 35.5. The molecule has 1 aromatic heterocycles. The summed E-state index contributed by atoms with van der Waals surface area (Å²) in [5.41, 5.74) is -2.79. The second-order valence-corrected chi connectivity index (χ2v) is 14.0. The molecular weight excluding hydrogens is 653 g/mol. The van der Waals surface area contributed by atoms with Crippen LogP contribution in [0, 0.1) is 17.8 Å². The van der Waals surface area contributed by atoms with Gasteiger partial charge in [-0.05, 0) is 63.0 Å². The summed E-state index contributed by atoms with van der Waals surface area (Å²) in [5.74, 6) is -0.359. The molecular formula is C34H42ClF3N4O6. The van der Waals surface area contributed by atoms with Crippen LogP contribution in [-0.4, -0.2) is 77.5 Å². The molecule has 3 aliphatic rings. The Hall–Kier alpha value is -3.74. The van der Waals surface area contributed by atoms with Crippen LogP contribution in [0.4, 0.5) is 18.0 Å². The molecule has 0 radical (unpaired) electrons. The van der Waals surface area contributed by atoms with E-state index in [0.29, 0.717) is 34.4 Å². The molecule has 10 nitrogen and oxygen atoms in total. The summed E-state index contributed by atoms with van der Waals surface area (Å²) in [6.45, 7) is 5.27. The van der Waals surface area contributed by atoms with Crippen LogP contribution < -0.4 is 20.1 Å². The number of allylic oxidation sites excluding steroid dienone is 1. The van der Waals surface area contributed by atoms with Crippen LogP contribution in [-0.2, 0) is 14.3 Å². The zero-order valence-corrected chi connectivity index (χ0v) is 28.4. The molecule has 2 aliphatic heterocycles. The first-order chi connectivity index (χ1) is 22.6. The zero-order valence-electron chi connectivity index (χ0n) is 27.6. The maximum Gasteiger partial charge on any atom is 0.427 e. The lowest BCUT2D eigenvalue weighted by atomic mass is 9.92. The maximum atomic E-state index is 14.3. The second-order valence-electron chi connectivity index (χ2n) is 13.6. The highest BCUT2D eigenvalue weighted by Crippen LogP contribution is 2.38. The molecule has 48 heavy (non-hydrogen) atoms. The summed E-state index contributed by atoms with van der Waals surface area (Å²) < 4.78 is 57.2. The normalized spacial score (nSPS) is 29.1. The summed E-state index contributed by atoms with van der Waals surface area (Å²) in [6.07, 6.45) is 1.74. The molecule has 1 aromatic carbocycles. The number of rotatable bonds is 5.